The van der Waals surface area contributed by atoms with Crippen LogP contribution in [0.4, 0.5) is 5.69 Å². The fourth-order valence-electron chi connectivity index (χ4n) is 2.15. The minimum Gasteiger partial charge on any atom is -0.392 e. The van der Waals surface area contributed by atoms with Gasteiger partial charge in [0.05, 0.1) is 6.61 Å². The second-order valence-corrected chi connectivity index (χ2v) is 4.87. The standard InChI is InChI=1S/C16H15N3O2/c1-11-2-3-12(10-20)8-14(11)18-16(21)13-4-6-19-7-5-17-15(19)9-13/h2-9,20H,10H2,1H3,(H,18,21). The summed E-state index contributed by atoms with van der Waals surface area (Å²) in [7, 11) is 0. The summed E-state index contributed by atoms with van der Waals surface area (Å²) in [6.45, 7) is 1.86. The third kappa shape index (κ3) is 2.64. The second-order valence-electron chi connectivity index (χ2n) is 4.87. The molecule has 106 valence electrons. The molecule has 21 heavy (non-hydrogen) atoms. The van der Waals surface area contributed by atoms with E-state index in [0.717, 1.165) is 16.8 Å². The molecule has 0 unspecified atom stereocenters. The Balaban J connectivity index is 1.88. The minimum absolute atomic E-state index is 0.0524. The summed E-state index contributed by atoms with van der Waals surface area (Å²) in [5.41, 5.74) is 3.68. The molecule has 2 aromatic heterocycles. The normalized spacial score (nSPS) is 10.8. The van der Waals surface area contributed by atoms with Crippen LogP contribution in [-0.2, 0) is 6.61 Å². The Labute approximate surface area is 121 Å². The zero-order valence-electron chi connectivity index (χ0n) is 11.6. The maximum absolute atomic E-state index is 12.3. The molecule has 3 rings (SSSR count). The number of imidazole rings is 1. The second kappa shape index (κ2) is 5.38. The summed E-state index contributed by atoms with van der Waals surface area (Å²) in [4.78, 5) is 16.5. The molecule has 0 saturated carbocycles. The number of rotatable bonds is 3. The quantitative estimate of drug-likeness (QED) is 0.774. The first-order valence-corrected chi connectivity index (χ1v) is 6.62. The van der Waals surface area contributed by atoms with Crippen molar-refractivity contribution < 1.29 is 9.90 Å². The molecule has 2 heterocycles. The predicted octanol–water partition coefficient (Wildman–Crippen LogP) is 2.39. The Morgan fingerprint density at radius 2 is 2.14 bits per heavy atom. The number of aliphatic hydroxyl groups excluding tert-OH is 1. The minimum atomic E-state index is -0.196. The highest BCUT2D eigenvalue weighted by Gasteiger charge is 2.09. The topological polar surface area (TPSA) is 66.6 Å². The molecule has 5 nitrogen and oxygen atoms in total. The number of pyridine rings is 1. The summed E-state index contributed by atoms with van der Waals surface area (Å²) >= 11 is 0. The van der Waals surface area contributed by atoms with Crippen molar-refractivity contribution in [1.29, 1.82) is 0 Å². The van der Waals surface area contributed by atoms with E-state index in [0.29, 0.717) is 11.3 Å². The number of benzene rings is 1. The Morgan fingerprint density at radius 3 is 2.95 bits per heavy atom. The molecule has 1 aromatic carbocycles. The number of aliphatic hydroxyl groups is 1. The van der Waals surface area contributed by atoms with Crippen LogP contribution in [0.2, 0.25) is 0 Å². The number of carbonyl (C=O) groups excluding carboxylic acids is 1. The van der Waals surface area contributed by atoms with E-state index < -0.39 is 0 Å². The third-order valence-corrected chi connectivity index (χ3v) is 3.39. The average Bonchev–Trinajstić information content (AvgIpc) is 2.96. The lowest BCUT2D eigenvalue weighted by molar-refractivity contribution is 0.102. The van der Waals surface area contributed by atoms with E-state index >= 15 is 0 Å². The summed E-state index contributed by atoms with van der Waals surface area (Å²) in [6, 6.07) is 8.97. The Kier molecular flexibility index (Phi) is 3.41. The van der Waals surface area contributed by atoms with E-state index in [1.54, 1.807) is 30.6 Å². The van der Waals surface area contributed by atoms with Gasteiger partial charge in [0.1, 0.15) is 5.65 Å². The molecule has 0 aliphatic heterocycles. The molecule has 0 fully saturated rings. The van der Waals surface area contributed by atoms with E-state index in [1.165, 1.54) is 0 Å². The van der Waals surface area contributed by atoms with Crippen LogP contribution >= 0.6 is 0 Å². The van der Waals surface area contributed by atoms with Gasteiger partial charge in [0.25, 0.3) is 5.91 Å². The summed E-state index contributed by atoms with van der Waals surface area (Å²) < 4.78 is 1.84. The van der Waals surface area contributed by atoms with Gasteiger partial charge in [-0.25, -0.2) is 4.98 Å². The largest absolute Gasteiger partial charge is 0.392 e. The maximum atomic E-state index is 12.3. The van der Waals surface area contributed by atoms with Gasteiger partial charge < -0.3 is 14.8 Å². The van der Waals surface area contributed by atoms with Gasteiger partial charge >= 0.3 is 0 Å². The number of hydrogen-bond donors (Lipinski definition) is 2. The third-order valence-electron chi connectivity index (χ3n) is 3.39. The van der Waals surface area contributed by atoms with Gasteiger partial charge in [0.2, 0.25) is 0 Å². The van der Waals surface area contributed by atoms with Crippen LogP contribution in [0.5, 0.6) is 0 Å². The molecule has 2 N–H and O–H groups in total. The molecule has 0 spiro atoms. The predicted molar refractivity (Wildman–Crippen MR) is 80.2 cm³/mol. The Hall–Kier alpha value is -2.66. The molecule has 0 radical (unpaired) electrons. The number of anilines is 1. The zero-order valence-corrected chi connectivity index (χ0v) is 11.6. The van der Waals surface area contributed by atoms with Crippen molar-refractivity contribution >= 4 is 17.2 Å². The summed E-state index contributed by atoms with van der Waals surface area (Å²) in [5.74, 6) is -0.196. The van der Waals surface area contributed by atoms with Gasteiger partial charge in [-0.3, -0.25) is 4.79 Å². The number of nitrogens with one attached hydrogen (secondary N) is 1. The monoisotopic (exact) mass is 281 g/mol. The van der Waals surface area contributed by atoms with E-state index in [-0.39, 0.29) is 12.5 Å². The van der Waals surface area contributed by atoms with Gasteiger partial charge in [0.15, 0.2) is 0 Å². The van der Waals surface area contributed by atoms with Crippen molar-refractivity contribution in [2.24, 2.45) is 0 Å². The molecule has 1 amide bonds. The van der Waals surface area contributed by atoms with Crippen LogP contribution in [-0.4, -0.2) is 20.4 Å². The molecule has 0 bridgehead atoms. The molecule has 5 heteroatoms. The van der Waals surface area contributed by atoms with Crippen molar-refractivity contribution in [3.63, 3.8) is 0 Å². The van der Waals surface area contributed by atoms with Crippen molar-refractivity contribution in [2.45, 2.75) is 13.5 Å². The number of amides is 1. The lowest BCUT2D eigenvalue weighted by Gasteiger charge is -2.10. The van der Waals surface area contributed by atoms with Crippen LogP contribution in [0.1, 0.15) is 21.5 Å². The highest BCUT2D eigenvalue weighted by atomic mass is 16.3. The van der Waals surface area contributed by atoms with E-state index in [2.05, 4.69) is 10.3 Å². The average molecular weight is 281 g/mol. The van der Waals surface area contributed by atoms with Crippen molar-refractivity contribution in [2.75, 3.05) is 5.32 Å². The van der Waals surface area contributed by atoms with Crippen LogP contribution in [0.25, 0.3) is 5.65 Å². The van der Waals surface area contributed by atoms with Gasteiger partial charge in [-0.15, -0.1) is 0 Å². The van der Waals surface area contributed by atoms with Gasteiger partial charge in [-0.2, -0.15) is 0 Å². The number of nitrogens with zero attached hydrogens (tertiary/aromatic N) is 2. The van der Waals surface area contributed by atoms with Crippen LogP contribution in [0.3, 0.4) is 0 Å². The van der Waals surface area contributed by atoms with Gasteiger partial charge in [-0.1, -0.05) is 12.1 Å². The fraction of sp³-hybridized carbons (Fsp3) is 0.125. The van der Waals surface area contributed by atoms with E-state index in [9.17, 15) is 9.90 Å². The zero-order chi connectivity index (χ0) is 14.8. The van der Waals surface area contributed by atoms with Crippen LogP contribution in [0.15, 0.2) is 48.9 Å². The molecular formula is C16H15N3O2. The lowest BCUT2D eigenvalue weighted by atomic mass is 10.1. The fourth-order valence-corrected chi connectivity index (χ4v) is 2.15. The first kappa shape index (κ1) is 13.3. The Bertz CT molecular complexity index is 808. The number of carbonyl (C=O) groups is 1. The van der Waals surface area contributed by atoms with Crippen molar-refractivity contribution in [1.82, 2.24) is 9.38 Å². The SMILES string of the molecule is Cc1ccc(CO)cc1NC(=O)c1ccn2ccnc2c1. The first-order chi connectivity index (χ1) is 10.2. The molecule has 0 atom stereocenters. The molecular weight excluding hydrogens is 266 g/mol. The number of aryl methyl sites for hydroxylation is 1. The molecule has 0 aliphatic rings. The smallest absolute Gasteiger partial charge is 0.255 e. The highest BCUT2D eigenvalue weighted by Crippen LogP contribution is 2.18. The number of aromatic nitrogens is 2. The summed E-state index contributed by atoms with van der Waals surface area (Å²) in [5, 5.41) is 12.0. The number of hydrogen-bond acceptors (Lipinski definition) is 3. The number of fused-ring (bicyclic) bond motifs is 1. The highest BCUT2D eigenvalue weighted by molar-refractivity contribution is 6.05. The molecule has 0 aliphatic carbocycles. The lowest BCUT2D eigenvalue weighted by Crippen LogP contribution is -2.13. The molecule has 0 saturated heterocycles. The Morgan fingerprint density at radius 1 is 1.29 bits per heavy atom. The van der Waals surface area contributed by atoms with Gasteiger partial charge in [0, 0.05) is 29.8 Å². The first-order valence-electron chi connectivity index (χ1n) is 6.62. The van der Waals surface area contributed by atoms with Crippen molar-refractivity contribution in [3.05, 3.63) is 65.6 Å². The van der Waals surface area contributed by atoms with E-state index in [1.807, 2.05) is 29.7 Å². The summed E-state index contributed by atoms with van der Waals surface area (Å²) in [6.07, 6.45) is 5.31. The van der Waals surface area contributed by atoms with Crippen LogP contribution in [0, 0.1) is 6.92 Å². The maximum Gasteiger partial charge on any atom is 0.255 e. The van der Waals surface area contributed by atoms with Gasteiger partial charge in [-0.05, 0) is 36.2 Å². The molecule has 3 aromatic rings. The van der Waals surface area contributed by atoms with E-state index in [4.69, 9.17) is 0 Å². The van der Waals surface area contributed by atoms with Crippen LogP contribution < -0.4 is 5.32 Å². The van der Waals surface area contributed by atoms with Crippen molar-refractivity contribution in [3.8, 4) is 0 Å².